The van der Waals surface area contributed by atoms with Gasteiger partial charge in [-0.2, -0.15) is 0 Å². The second-order valence-corrected chi connectivity index (χ2v) is 14.7. The molecule has 10 rings (SSSR count). The van der Waals surface area contributed by atoms with Gasteiger partial charge in [0.25, 0.3) is 0 Å². The van der Waals surface area contributed by atoms with Gasteiger partial charge in [-0.1, -0.05) is 164 Å². The van der Waals surface area contributed by atoms with Crippen LogP contribution in [0.5, 0.6) is 0 Å². The van der Waals surface area contributed by atoms with E-state index in [0.29, 0.717) is 17.5 Å². The van der Waals surface area contributed by atoms with E-state index in [-0.39, 0.29) is 0 Å². The maximum atomic E-state index is 5.16. The van der Waals surface area contributed by atoms with Gasteiger partial charge in [0.15, 0.2) is 17.5 Å². The summed E-state index contributed by atoms with van der Waals surface area (Å²) in [6, 6.07) is 72.3. The number of anilines is 3. The van der Waals surface area contributed by atoms with Gasteiger partial charge in [0.2, 0.25) is 0 Å². The molecule has 4 nitrogen and oxygen atoms in total. The topological polar surface area (TPSA) is 41.9 Å². The number of fused-ring (bicyclic) bond motifs is 3. The summed E-state index contributed by atoms with van der Waals surface area (Å²) in [6.07, 6.45) is 0. The van der Waals surface area contributed by atoms with Crippen LogP contribution in [0.3, 0.4) is 0 Å². The number of nitrogens with zero attached hydrogens (tertiary/aromatic N) is 4. The Bertz CT molecular complexity index is 2790. The van der Waals surface area contributed by atoms with Gasteiger partial charge in [-0.15, -0.1) is 11.3 Å². The molecule has 10 aromatic rings. The fourth-order valence-corrected chi connectivity index (χ4v) is 8.54. The van der Waals surface area contributed by atoms with Gasteiger partial charge in [0.1, 0.15) is 0 Å². The molecule has 0 aliphatic carbocycles. The highest BCUT2D eigenvalue weighted by molar-refractivity contribution is 7.26. The fourth-order valence-electron chi connectivity index (χ4n) is 7.37. The highest BCUT2D eigenvalue weighted by Crippen LogP contribution is 2.47. The quantitative estimate of drug-likeness (QED) is 0.156. The van der Waals surface area contributed by atoms with Crippen molar-refractivity contribution in [3.63, 3.8) is 0 Å². The lowest BCUT2D eigenvalue weighted by Gasteiger charge is -2.27. The summed E-state index contributed by atoms with van der Waals surface area (Å²) in [5.74, 6) is 1.90. The van der Waals surface area contributed by atoms with Crippen LogP contribution in [-0.2, 0) is 0 Å². The highest BCUT2D eigenvalue weighted by Gasteiger charge is 2.22. The summed E-state index contributed by atoms with van der Waals surface area (Å²) < 4.78 is 2.39. The Hall–Kier alpha value is -7.21. The molecule has 0 aliphatic rings. The third kappa shape index (κ3) is 6.40. The van der Waals surface area contributed by atoms with Crippen molar-refractivity contribution in [3.8, 4) is 56.4 Å². The van der Waals surface area contributed by atoms with Gasteiger partial charge >= 0.3 is 0 Å². The molecule has 0 N–H and O–H groups in total. The first-order valence-corrected chi connectivity index (χ1v) is 19.5. The van der Waals surface area contributed by atoms with Crippen LogP contribution in [0.2, 0.25) is 0 Å². The van der Waals surface area contributed by atoms with Crippen molar-refractivity contribution >= 4 is 48.6 Å². The normalized spacial score (nSPS) is 11.2. The van der Waals surface area contributed by atoms with E-state index >= 15 is 0 Å². The van der Waals surface area contributed by atoms with E-state index < -0.39 is 0 Å². The second kappa shape index (κ2) is 14.6. The molecule has 0 aliphatic heterocycles. The van der Waals surface area contributed by atoms with E-state index in [4.69, 9.17) is 15.0 Å². The number of rotatable bonds is 8. The Morgan fingerprint density at radius 1 is 0.321 bits per heavy atom. The smallest absolute Gasteiger partial charge is 0.164 e. The second-order valence-electron chi connectivity index (χ2n) is 13.7. The van der Waals surface area contributed by atoms with Crippen LogP contribution in [0.15, 0.2) is 206 Å². The number of benzene rings is 8. The van der Waals surface area contributed by atoms with Crippen molar-refractivity contribution in [1.29, 1.82) is 0 Å². The van der Waals surface area contributed by atoms with Crippen LogP contribution in [0.25, 0.3) is 76.6 Å². The number of aromatic nitrogens is 3. The lowest BCUT2D eigenvalue weighted by atomic mass is 10.0. The monoisotopic (exact) mass is 734 g/mol. The van der Waals surface area contributed by atoms with Crippen LogP contribution in [0.4, 0.5) is 17.1 Å². The first kappa shape index (κ1) is 33.4. The molecule has 56 heavy (non-hydrogen) atoms. The molecular weight excluding hydrogens is 701 g/mol. The first-order valence-electron chi connectivity index (χ1n) is 18.7. The Kier molecular flexibility index (Phi) is 8.67. The standard InChI is InChI=1S/C51H34N4S/c1-5-15-35(16-6-1)37-25-29-42(30-26-37)55(43-31-27-38(28-32-43)36-17-7-2-8-18-36)45-33-41(34-47-48(45)44-23-13-14-24-46(44)56-47)51-53-49(39-19-9-3-10-20-39)52-50(54-51)40-21-11-4-12-22-40/h1-34H. The minimum atomic E-state index is 0.622. The molecule has 0 amide bonds. The average molecular weight is 735 g/mol. The summed E-state index contributed by atoms with van der Waals surface area (Å²) in [5, 5.41) is 2.40. The highest BCUT2D eigenvalue weighted by atomic mass is 32.1. The zero-order valence-corrected chi connectivity index (χ0v) is 31.1. The van der Waals surface area contributed by atoms with E-state index in [0.717, 1.165) is 38.5 Å². The minimum Gasteiger partial charge on any atom is -0.310 e. The molecule has 0 fully saturated rings. The van der Waals surface area contributed by atoms with Crippen molar-refractivity contribution < 1.29 is 0 Å². The predicted molar refractivity (Wildman–Crippen MR) is 235 cm³/mol. The van der Waals surface area contributed by atoms with Crippen LogP contribution >= 0.6 is 11.3 Å². The van der Waals surface area contributed by atoms with Gasteiger partial charge in [0.05, 0.1) is 5.69 Å². The zero-order valence-electron chi connectivity index (χ0n) is 30.3. The third-order valence-corrected chi connectivity index (χ3v) is 11.2. The van der Waals surface area contributed by atoms with E-state index in [1.165, 1.54) is 37.7 Å². The van der Waals surface area contributed by atoms with Crippen LogP contribution in [0, 0.1) is 0 Å². The largest absolute Gasteiger partial charge is 0.310 e. The summed E-state index contributed by atoms with van der Waals surface area (Å²) in [4.78, 5) is 17.7. The SMILES string of the molecule is c1ccc(-c2ccc(N(c3ccc(-c4ccccc4)cc3)c3cc(-c4nc(-c5ccccc5)nc(-c5ccccc5)n4)cc4sc5ccccc5c34)cc2)cc1. The van der Waals surface area contributed by atoms with Gasteiger partial charge in [0, 0.05) is 48.2 Å². The van der Waals surface area contributed by atoms with E-state index in [1.807, 2.05) is 36.4 Å². The van der Waals surface area contributed by atoms with Gasteiger partial charge in [-0.25, -0.2) is 15.0 Å². The molecule has 8 aromatic carbocycles. The molecule has 0 saturated carbocycles. The van der Waals surface area contributed by atoms with Crippen LogP contribution < -0.4 is 4.90 Å². The lowest BCUT2D eigenvalue weighted by molar-refractivity contribution is 1.07. The van der Waals surface area contributed by atoms with Crippen molar-refractivity contribution in [1.82, 2.24) is 15.0 Å². The Labute approximate surface area is 329 Å². The molecular formula is C51H34N4S. The summed E-state index contributed by atoms with van der Waals surface area (Å²) in [5.41, 5.74) is 10.7. The van der Waals surface area contributed by atoms with Crippen LogP contribution in [0.1, 0.15) is 0 Å². The molecule has 0 radical (unpaired) electrons. The van der Waals surface area contributed by atoms with E-state index in [1.54, 1.807) is 11.3 Å². The van der Waals surface area contributed by atoms with Gasteiger partial charge in [-0.3, -0.25) is 0 Å². The van der Waals surface area contributed by atoms with E-state index in [2.05, 4.69) is 175 Å². The van der Waals surface area contributed by atoms with Crippen molar-refractivity contribution in [2.75, 3.05) is 4.90 Å². The van der Waals surface area contributed by atoms with Crippen molar-refractivity contribution in [2.24, 2.45) is 0 Å². The van der Waals surface area contributed by atoms with Crippen LogP contribution in [-0.4, -0.2) is 15.0 Å². The van der Waals surface area contributed by atoms with Crippen molar-refractivity contribution in [2.45, 2.75) is 0 Å². The Balaban J connectivity index is 1.21. The molecule has 0 saturated heterocycles. The molecule has 0 unspecified atom stereocenters. The number of hydrogen-bond acceptors (Lipinski definition) is 5. The molecule has 5 heteroatoms. The Morgan fingerprint density at radius 2 is 0.714 bits per heavy atom. The molecule has 0 atom stereocenters. The molecule has 2 aromatic heterocycles. The lowest BCUT2D eigenvalue weighted by Crippen LogP contribution is -2.11. The van der Waals surface area contributed by atoms with Gasteiger partial charge in [-0.05, 0) is 64.7 Å². The molecule has 0 spiro atoms. The first-order chi connectivity index (χ1) is 27.7. The van der Waals surface area contributed by atoms with Gasteiger partial charge < -0.3 is 4.90 Å². The predicted octanol–water partition coefficient (Wildman–Crippen LogP) is 14.0. The minimum absolute atomic E-state index is 0.622. The molecule has 2 heterocycles. The fraction of sp³-hybridized carbons (Fsp3) is 0. The maximum Gasteiger partial charge on any atom is 0.164 e. The zero-order chi connectivity index (χ0) is 37.3. The molecule has 264 valence electrons. The van der Waals surface area contributed by atoms with Crippen molar-refractivity contribution in [3.05, 3.63) is 206 Å². The summed E-state index contributed by atoms with van der Waals surface area (Å²) in [6.45, 7) is 0. The third-order valence-electron chi connectivity index (χ3n) is 10.1. The average Bonchev–Trinajstić information content (AvgIpc) is 3.67. The summed E-state index contributed by atoms with van der Waals surface area (Å²) >= 11 is 1.80. The Morgan fingerprint density at radius 3 is 1.20 bits per heavy atom. The van der Waals surface area contributed by atoms with E-state index in [9.17, 15) is 0 Å². The summed E-state index contributed by atoms with van der Waals surface area (Å²) in [7, 11) is 0. The number of hydrogen-bond donors (Lipinski definition) is 0. The molecule has 0 bridgehead atoms. The number of thiophene rings is 1. The maximum absolute atomic E-state index is 5.16.